The lowest BCUT2D eigenvalue weighted by atomic mass is 9.74. The highest BCUT2D eigenvalue weighted by molar-refractivity contribution is 5.99. The molecule has 0 radical (unpaired) electrons. The van der Waals surface area contributed by atoms with Crippen molar-refractivity contribution in [2.45, 2.75) is 87.3 Å². The Morgan fingerprint density at radius 3 is 2.39 bits per heavy atom. The molecule has 4 heterocycles. The minimum Gasteiger partial charge on any atom is -0.455 e. The molecule has 1 aliphatic carbocycles. The van der Waals surface area contributed by atoms with Crippen LogP contribution in [0.4, 0.5) is 0 Å². The van der Waals surface area contributed by atoms with Crippen LogP contribution in [0.2, 0.25) is 0 Å². The molecule has 3 amide bonds. The number of nitrogens with zero attached hydrogens (tertiary/aromatic N) is 2. The molecule has 5 bridgehead atoms. The first-order valence-corrected chi connectivity index (χ1v) is 17.7. The SMILES string of the molecule is O=C1CC/C=C\CN(C2CCCCC2)C(=O)[C@@H]2N([C@@H](CO)Cc3ccccc3)C(=O)[C@H]3[C@H](C(=O)O[C@H](c4ccccc4)CN1)[C@@H]1C=C[C@]23O1. The molecule has 7 atom stereocenters. The van der Waals surface area contributed by atoms with Crippen molar-refractivity contribution in [3.8, 4) is 0 Å². The molecule has 1 spiro atoms. The average molecular weight is 668 g/mol. The lowest BCUT2D eigenvalue weighted by Crippen LogP contribution is -2.60. The standard InChI is InChI=1S/C39H45N3O7/c43-25-29(23-26-13-5-1-6-14-26)42-35-37(46)41(28-17-9-3-10-18-28)22-12-4-11-19-32(44)40-24-31(27-15-7-2-8-16-27)48-38(47)33-30-20-21-39(35,49-30)34(33)36(42)45/h1-2,4-8,12-16,20-21,28-31,33-35,43H,3,9-11,17-19,22-25H2,(H,40,44)/b12-4-/t29-,30+,31+,33-,34-,35+,39-/m1/s1. The molecule has 4 aliphatic heterocycles. The van der Waals surface area contributed by atoms with Gasteiger partial charge in [0.15, 0.2) is 0 Å². The normalized spacial score (nSPS) is 32.1. The van der Waals surface area contributed by atoms with E-state index in [1.54, 1.807) is 6.08 Å². The van der Waals surface area contributed by atoms with E-state index in [1.807, 2.05) is 83.8 Å². The van der Waals surface area contributed by atoms with Gasteiger partial charge in [-0.2, -0.15) is 0 Å². The Morgan fingerprint density at radius 2 is 1.65 bits per heavy atom. The molecule has 3 fully saturated rings. The van der Waals surface area contributed by atoms with E-state index in [4.69, 9.17) is 9.47 Å². The number of ether oxygens (including phenoxy) is 2. The minimum atomic E-state index is -1.40. The molecular formula is C39H45N3O7. The second-order valence-electron chi connectivity index (χ2n) is 13.9. The van der Waals surface area contributed by atoms with Crippen molar-refractivity contribution in [2.24, 2.45) is 11.8 Å². The topological polar surface area (TPSA) is 125 Å². The fourth-order valence-corrected chi connectivity index (χ4v) is 8.59. The number of aliphatic hydroxyl groups excluding tert-OH is 1. The lowest BCUT2D eigenvalue weighted by Gasteiger charge is -2.42. The molecule has 2 saturated heterocycles. The van der Waals surface area contributed by atoms with Gasteiger partial charge in [0.05, 0.1) is 31.2 Å². The molecule has 1 saturated carbocycles. The first-order valence-electron chi connectivity index (χ1n) is 17.7. The smallest absolute Gasteiger partial charge is 0.313 e. The number of carbonyl (C=O) groups is 4. The van der Waals surface area contributed by atoms with Gasteiger partial charge in [-0.05, 0) is 36.8 Å². The molecule has 0 unspecified atom stereocenters. The number of amides is 3. The summed E-state index contributed by atoms with van der Waals surface area (Å²) >= 11 is 0. The zero-order valence-corrected chi connectivity index (χ0v) is 27.7. The third-order valence-corrected chi connectivity index (χ3v) is 11.0. The maximum atomic E-state index is 15.1. The largest absolute Gasteiger partial charge is 0.455 e. The van der Waals surface area contributed by atoms with Crippen LogP contribution in [0.1, 0.15) is 62.2 Å². The molecule has 2 N–H and O–H groups in total. The Morgan fingerprint density at radius 1 is 0.918 bits per heavy atom. The van der Waals surface area contributed by atoms with Gasteiger partial charge >= 0.3 is 5.97 Å². The first kappa shape index (κ1) is 33.2. The summed E-state index contributed by atoms with van der Waals surface area (Å²) < 4.78 is 12.8. The van der Waals surface area contributed by atoms with E-state index >= 15 is 4.79 Å². The fraction of sp³-hybridized carbons (Fsp3) is 0.487. The fourth-order valence-electron chi connectivity index (χ4n) is 8.59. The van der Waals surface area contributed by atoms with Crippen molar-refractivity contribution in [1.29, 1.82) is 0 Å². The molecule has 10 heteroatoms. The van der Waals surface area contributed by atoms with Crippen molar-refractivity contribution in [1.82, 2.24) is 15.1 Å². The number of hydrogen-bond acceptors (Lipinski definition) is 7. The number of carbonyl (C=O) groups excluding carboxylic acids is 4. The molecule has 10 nitrogen and oxygen atoms in total. The van der Waals surface area contributed by atoms with Gasteiger partial charge in [0, 0.05) is 19.0 Å². The van der Waals surface area contributed by atoms with Gasteiger partial charge in [-0.25, -0.2) is 0 Å². The number of likely N-dealkylation sites (tertiary alicyclic amines) is 1. The zero-order valence-electron chi connectivity index (χ0n) is 27.7. The summed E-state index contributed by atoms with van der Waals surface area (Å²) in [5.74, 6) is -3.46. The highest BCUT2D eigenvalue weighted by atomic mass is 16.6. The minimum absolute atomic E-state index is 0.0274. The quantitative estimate of drug-likeness (QED) is 0.356. The van der Waals surface area contributed by atoms with Crippen LogP contribution < -0.4 is 5.32 Å². The van der Waals surface area contributed by atoms with E-state index in [2.05, 4.69) is 5.32 Å². The molecule has 7 rings (SSSR count). The zero-order chi connectivity index (χ0) is 34.0. The van der Waals surface area contributed by atoms with E-state index in [0.717, 1.165) is 37.7 Å². The highest BCUT2D eigenvalue weighted by Gasteiger charge is 2.74. The summed E-state index contributed by atoms with van der Waals surface area (Å²) in [4.78, 5) is 60.5. The van der Waals surface area contributed by atoms with Crippen LogP contribution in [0, 0.1) is 11.8 Å². The number of cyclic esters (lactones) is 1. The molecule has 0 aromatic heterocycles. The Kier molecular flexibility index (Phi) is 9.69. The second-order valence-corrected chi connectivity index (χ2v) is 13.9. The number of hydrogen-bond donors (Lipinski definition) is 2. The van der Waals surface area contributed by atoms with Crippen molar-refractivity contribution in [3.63, 3.8) is 0 Å². The maximum absolute atomic E-state index is 15.1. The van der Waals surface area contributed by atoms with Crippen molar-refractivity contribution in [3.05, 3.63) is 96.1 Å². The number of fused-ring (bicyclic) bond motifs is 2. The number of benzene rings is 2. The van der Waals surface area contributed by atoms with Gasteiger partial charge < -0.3 is 29.7 Å². The van der Waals surface area contributed by atoms with Crippen LogP contribution in [-0.2, 0) is 35.1 Å². The number of allylic oxidation sites excluding steroid dienone is 1. The Balaban J connectivity index is 1.31. The van der Waals surface area contributed by atoms with Gasteiger partial charge in [0.25, 0.3) is 0 Å². The molecule has 5 aliphatic rings. The van der Waals surface area contributed by atoms with Crippen LogP contribution in [0.25, 0.3) is 0 Å². The molecule has 49 heavy (non-hydrogen) atoms. The van der Waals surface area contributed by atoms with Crippen LogP contribution in [0.15, 0.2) is 85.0 Å². The first-order chi connectivity index (χ1) is 23.9. The summed E-state index contributed by atoms with van der Waals surface area (Å²) in [6.07, 6.45) is 11.8. The third kappa shape index (κ3) is 6.32. The summed E-state index contributed by atoms with van der Waals surface area (Å²) in [5, 5.41) is 13.8. The van der Waals surface area contributed by atoms with E-state index in [-0.39, 0.29) is 37.4 Å². The van der Waals surface area contributed by atoms with Crippen LogP contribution >= 0.6 is 0 Å². The monoisotopic (exact) mass is 667 g/mol. The van der Waals surface area contributed by atoms with E-state index in [0.29, 0.717) is 24.9 Å². The van der Waals surface area contributed by atoms with Gasteiger partial charge in [-0.3, -0.25) is 19.2 Å². The molecule has 2 aromatic rings. The van der Waals surface area contributed by atoms with Crippen LogP contribution in [0.5, 0.6) is 0 Å². The van der Waals surface area contributed by atoms with Crippen molar-refractivity contribution >= 4 is 23.7 Å². The maximum Gasteiger partial charge on any atom is 0.313 e. The predicted molar refractivity (Wildman–Crippen MR) is 181 cm³/mol. The molecular weight excluding hydrogens is 622 g/mol. The van der Waals surface area contributed by atoms with Crippen LogP contribution in [-0.4, -0.2) is 88.1 Å². The van der Waals surface area contributed by atoms with Crippen molar-refractivity contribution < 1.29 is 33.8 Å². The molecule has 2 aromatic carbocycles. The van der Waals surface area contributed by atoms with Gasteiger partial charge in [0.1, 0.15) is 23.7 Å². The van der Waals surface area contributed by atoms with Gasteiger partial charge in [-0.1, -0.05) is 104 Å². The summed E-state index contributed by atoms with van der Waals surface area (Å²) in [5.41, 5.74) is 0.233. The van der Waals surface area contributed by atoms with Gasteiger partial charge in [-0.15, -0.1) is 0 Å². The highest BCUT2D eigenvalue weighted by Crippen LogP contribution is 2.56. The van der Waals surface area contributed by atoms with Crippen LogP contribution in [0.3, 0.4) is 0 Å². The summed E-state index contributed by atoms with van der Waals surface area (Å²) in [6, 6.07) is 17.0. The number of esters is 1. The lowest BCUT2D eigenvalue weighted by molar-refractivity contribution is -0.160. The van der Waals surface area contributed by atoms with Gasteiger partial charge in [0.2, 0.25) is 17.7 Å². The summed E-state index contributed by atoms with van der Waals surface area (Å²) in [7, 11) is 0. The predicted octanol–water partition coefficient (Wildman–Crippen LogP) is 3.65. The number of aliphatic hydroxyl groups is 1. The summed E-state index contributed by atoms with van der Waals surface area (Å²) in [6.45, 7) is 0.0264. The number of nitrogens with one attached hydrogen (secondary N) is 1. The average Bonchev–Trinajstić information content (AvgIpc) is 3.78. The Hall–Kier alpha value is -4.28. The number of rotatable bonds is 6. The Labute approximate surface area is 287 Å². The van der Waals surface area contributed by atoms with E-state index < -0.39 is 53.6 Å². The van der Waals surface area contributed by atoms with E-state index in [9.17, 15) is 19.5 Å². The Bertz CT molecular complexity index is 1590. The van der Waals surface area contributed by atoms with Crippen molar-refractivity contribution in [2.75, 3.05) is 19.7 Å². The third-order valence-electron chi connectivity index (χ3n) is 11.0. The second kappa shape index (κ2) is 14.3. The van der Waals surface area contributed by atoms with E-state index in [1.165, 1.54) is 4.90 Å². The molecule has 258 valence electrons.